The first-order valence-electron chi connectivity index (χ1n) is 7.48. The van der Waals surface area contributed by atoms with Gasteiger partial charge in [0.1, 0.15) is 5.82 Å². The van der Waals surface area contributed by atoms with E-state index >= 15 is 0 Å². The van der Waals surface area contributed by atoms with Gasteiger partial charge in [-0.05, 0) is 44.0 Å². The van der Waals surface area contributed by atoms with Crippen LogP contribution in [-0.2, 0) is 6.54 Å². The van der Waals surface area contributed by atoms with Gasteiger partial charge in [0.05, 0.1) is 0 Å². The van der Waals surface area contributed by atoms with E-state index in [1.54, 1.807) is 0 Å². The summed E-state index contributed by atoms with van der Waals surface area (Å²) in [7, 11) is 0. The van der Waals surface area contributed by atoms with Crippen LogP contribution in [0.5, 0.6) is 0 Å². The highest BCUT2D eigenvalue weighted by Crippen LogP contribution is 2.21. The second-order valence-corrected chi connectivity index (χ2v) is 5.87. The van der Waals surface area contributed by atoms with Crippen LogP contribution in [0, 0.1) is 0 Å². The summed E-state index contributed by atoms with van der Waals surface area (Å²) in [6.45, 7) is 6.05. The highest BCUT2D eigenvalue weighted by Gasteiger charge is 2.28. The fraction of sp³-hybridized carbons (Fsp3) is 0.667. The topological polar surface area (TPSA) is 45.4 Å². The standard InChI is InChI=1S/C15H24N4/c16-15-5-4-13(10-17-15)11-18-9-6-14(12-18)19-7-2-1-3-8-19/h4-5,10,14H,1-3,6-9,11-12H2,(H2,16,17). The predicted octanol–water partition coefficient (Wildman–Crippen LogP) is 1.72. The van der Waals surface area contributed by atoms with Crippen molar-refractivity contribution in [3.05, 3.63) is 23.9 Å². The lowest BCUT2D eigenvalue weighted by Crippen LogP contribution is -2.40. The van der Waals surface area contributed by atoms with Crippen LogP contribution in [0.3, 0.4) is 0 Å². The number of nitrogens with two attached hydrogens (primary N) is 1. The lowest BCUT2D eigenvalue weighted by atomic mass is 10.1. The molecule has 2 aliphatic heterocycles. The average Bonchev–Trinajstić information content (AvgIpc) is 2.91. The Labute approximate surface area is 115 Å². The number of nitrogens with zero attached hydrogens (tertiary/aromatic N) is 3. The van der Waals surface area contributed by atoms with Crippen molar-refractivity contribution in [3.63, 3.8) is 0 Å². The molecule has 2 N–H and O–H groups in total. The molecule has 3 rings (SSSR count). The molecule has 4 nitrogen and oxygen atoms in total. The van der Waals surface area contributed by atoms with Gasteiger partial charge in [0, 0.05) is 31.9 Å². The summed E-state index contributed by atoms with van der Waals surface area (Å²) in [4.78, 5) is 9.42. The molecule has 0 amide bonds. The Hall–Kier alpha value is -1.13. The minimum atomic E-state index is 0.608. The molecule has 3 heterocycles. The van der Waals surface area contributed by atoms with Gasteiger partial charge < -0.3 is 5.73 Å². The molecule has 0 aromatic carbocycles. The summed E-state index contributed by atoms with van der Waals surface area (Å²) in [5.41, 5.74) is 6.89. The molecule has 1 aromatic rings. The van der Waals surface area contributed by atoms with Crippen molar-refractivity contribution in [3.8, 4) is 0 Å². The minimum Gasteiger partial charge on any atom is -0.384 e. The number of likely N-dealkylation sites (tertiary alicyclic amines) is 2. The van der Waals surface area contributed by atoms with Crippen LogP contribution in [-0.4, -0.2) is 47.0 Å². The number of pyridine rings is 1. The maximum atomic E-state index is 5.62. The molecule has 0 bridgehead atoms. The highest BCUT2D eigenvalue weighted by atomic mass is 15.3. The second kappa shape index (κ2) is 5.88. The van der Waals surface area contributed by atoms with Crippen LogP contribution in [0.25, 0.3) is 0 Å². The van der Waals surface area contributed by atoms with Crippen molar-refractivity contribution in [1.29, 1.82) is 0 Å². The van der Waals surface area contributed by atoms with Crippen LogP contribution in [0.1, 0.15) is 31.2 Å². The summed E-state index contributed by atoms with van der Waals surface area (Å²) in [6, 6.07) is 4.77. The SMILES string of the molecule is Nc1ccc(CN2CCC(N3CCCCC3)C2)cn1. The quantitative estimate of drug-likeness (QED) is 0.899. The molecule has 0 saturated carbocycles. The summed E-state index contributed by atoms with van der Waals surface area (Å²) in [5, 5.41) is 0. The first kappa shape index (κ1) is 12.9. The van der Waals surface area contributed by atoms with E-state index < -0.39 is 0 Å². The normalized spacial score (nSPS) is 25.8. The van der Waals surface area contributed by atoms with Crippen molar-refractivity contribution >= 4 is 5.82 Å². The van der Waals surface area contributed by atoms with E-state index in [2.05, 4.69) is 20.9 Å². The molecule has 19 heavy (non-hydrogen) atoms. The zero-order chi connectivity index (χ0) is 13.1. The molecule has 4 heteroatoms. The molecule has 0 spiro atoms. The molecule has 104 valence electrons. The molecule has 1 aromatic heterocycles. The molecule has 1 unspecified atom stereocenters. The molecule has 2 fully saturated rings. The lowest BCUT2D eigenvalue weighted by molar-refractivity contribution is 0.161. The Kier molecular flexibility index (Phi) is 3.99. The van der Waals surface area contributed by atoms with E-state index in [9.17, 15) is 0 Å². The van der Waals surface area contributed by atoms with E-state index in [0.29, 0.717) is 5.82 Å². The van der Waals surface area contributed by atoms with Gasteiger partial charge in [0.15, 0.2) is 0 Å². The summed E-state index contributed by atoms with van der Waals surface area (Å²) in [6.07, 6.45) is 7.42. The van der Waals surface area contributed by atoms with Gasteiger partial charge in [0.25, 0.3) is 0 Å². The fourth-order valence-corrected chi connectivity index (χ4v) is 3.33. The summed E-state index contributed by atoms with van der Waals surface area (Å²) >= 11 is 0. The van der Waals surface area contributed by atoms with E-state index in [1.165, 1.54) is 57.4 Å². The third-order valence-corrected chi connectivity index (χ3v) is 4.41. The van der Waals surface area contributed by atoms with Gasteiger partial charge in [-0.3, -0.25) is 9.80 Å². The molecule has 0 radical (unpaired) electrons. The van der Waals surface area contributed by atoms with Crippen molar-refractivity contribution < 1.29 is 0 Å². The van der Waals surface area contributed by atoms with Crippen molar-refractivity contribution in [2.45, 2.75) is 38.3 Å². The largest absolute Gasteiger partial charge is 0.384 e. The van der Waals surface area contributed by atoms with Crippen LogP contribution < -0.4 is 5.73 Å². The van der Waals surface area contributed by atoms with E-state index in [1.807, 2.05) is 12.3 Å². The van der Waals surface area contributed by atoms with Gasteiger partial charge in [-0.2, -0.15) is 0 Å². The Morgan fingerprint density at radius 1 is 1.16 bits per heavy atom. The zero-order valence-corrected chi connectivity index (χ0v) is 11.6. The van der Waals surface area contributed by atoms with Gasteiger partial charge in [-0.1, -0.05) is 12.5 Å². The van der Waals surface area contributed by atoms with Crippen molar-refractivity contribution in [2.75, 3.05) is 31.9 Å². The number of nitrogen functional groups attached to an aromatic ring is 1. The summed E-state index contributed by atoms with van der Waals surface area (Å²) < 4.78 is 0. The number of hydrogen-bond donors (Lipinski definition) is 1. The Morgan fingerprint density at radius 3 is 2.74 bits per heavy atom. The zero-order valence-electron chi connectivity index (χ0n) is 11.6. The van der Waals surface area contributed by atoms with E-state index in [4.69, 9.17) is 5.73 Å². The monoisotopic (exact) mass is 260 g/mol. The number of rotatable bonds is 3. The van der Waals surface area contributed by atoms with E-state index in [-0.39, 0.29) is 0 Å². The predicted molar refractivity (Wildman–Crippen MR) is 77.8 cm³/mol. The van der Waals surface area contributed by atoms with Crippen LogP contribution in [0.15, 0.2) is 18.3 Å². The molecule has 2 saturated heterocycles. The maximum Gasteiger partial charge on any atom is 0.123 e. The van der Waals surface area contributed by atoms with Gasteiger partial charge in [-0.15, -0.1) is 0 Å². The minimum absolute atomic E-state index is 0.608. The first-order valence-corrected chi connectivity index (χ1v) is 7.48. The Bertz CT molecular complexity index is 397. The van der Waals surface area contributed by atoms with Crippen LogP contribution in [0.4, 0.5) is 5.82 Å². The van der Waals surface area contributed by atoms with E-state index in [0.717, 1.165) is 12.6 Å². The fourth-order valence-electron chi connectivity index (χ4n) is 3.33. The molecule has 0 aliphatic carbocycles. The first-order chi connectivity index (χ1) is 9.31. The third-order valence-electron chi connectivity index (χ3n) is 4.41. The van der Waals surface area contributed by atoms with Crippen molar-refractivity contribution in [2.24, 2.45) is 0 Å². The van der Waals surface area contributed by atoms with Gasteiger partial charge in [0.2, 0.25) is 0 Å². The summed E-state index contributed by atoms with van der Waals surface area (Å²) in [5.74, 6) is 0.608. The van der Waals surface area contributed by atoms with Crippen LogP contribution >= 0.6 is 0 Å². The third kappa shape index (κ3) is 3.25. The molecule has 2 aliphatic rings. The van der Waals surface area contributed by atoms with Gasteiger partial charge in [-0.25, -0.2) is 4.98 Å². The lowest BCUT2D eigenvalue weighted by Gasteiger charge is -2.32. The number of piperidine rings is 1. The number of aromatic nitrogens is 1. The maximum absolute atomic E-state index is 5.62. The highest BCUT2D eigenvalue weighted by molar-refractivity contribution is 5.29. The average molecular weight is 260 g/mol. The Morgan fingerprint density at radius 2 is 2.00 bits per heavy atom. The number of hydrogen-bond acceptors (Lipinski definition) is 4. The van der Waals surface area contributed by atoms with Crippen LogP contribution in [0.2, 0.25) is 0 Å². The molecule has 1 atom stereocenters. The smallest absolute Gasteiger partial charge is 0.123 e. The molecular weight excluding hydrogens is 236 g/mol. The molecular formula is C15H24N4. The van der Waals surface area contributed by atoms with Crippen molar-refractivity contribution in [1.82, 2.24) is 14.8 Å². The Balaban J connectivity index is 1.52. The second-order valence-electron chi connectivity index (χ2n) is 5.87. The van der Waals surface area contributed by atoms with Gasteiger partial charge >= 0.3 is 0 Å². The number of anilines is 1.